The van der Waals surface area contributed by atoms with Crippen LogP contribution in [0.2, 0.25) is 0 Å². The number of aryl methyl sites for hydroxylation is 1. The van der Waals surface area contributed by atoms with Crippen molar-refractivity contribution in [2.45, 2.75) is 78.0 Å². The van der Waals surface area contributed by atoms with Crippen LogP contribution in [0.1, 0.15) is 71.0 Å². The van der Waals surface area contributed by atoms with E-state index in [4.69, 9.17) is 10.5 Å². The minimum Gasteiger partial charge on any atom is -0.444 e. The lowest BCUT2D eigenvalue weighted by atomic mass is 9.99. The summed E-state index contributed by atoms with van der Waals surface area (Å²) < 4.78 is 5.38. The maximum atomic E-state index is 14.1. The Morgan fingerprint density at radius 1 is 0.929 bits per heavy atom. The number of hydrogen-bond donors (Lipinski definition) is 3. The van der Waals surface area contributed by atoms with Crippen molar-refractivity contribution in [1.29, 1.82) is 0 Å². The second-order valence-corrected chi connectivity index (χ2v) is 11.3. The summed E-state index contributed by atoms with van der Waals surface area (Å²) in [6.07, 6.45) is 0.396. The number of alkyl carbamates (subject to hydrolysis) is 1. The van der Waals surface area contributed by atoms with Gasteiger partial charge in [0, 0.05) is 18.7 Å². The van der Waals surface area contributed by atoms with Crippen LogP contribution >= 0.6 is 0 Å². The third kappa shape index (κ3) is 9.06. The van der Waals surface area contributed by atoms with Gasteiger partial charge in [0.15, 0.2) is 0 Å². The third-order valence-electron chi connectivity index (χ3n) is 6.70. The van der Waals surface area contributed by atoms with Crippen LogP contribution in [0.15, 0.2) is 66.7 Å². The lowest BCUT2D eigenvalue weighted by molar-refractivity contribution is -0.141. The first-order valence-electron chi connectivity index (χ1n) is 14.4. The number of amides is 4. The summed E-state index contributed by atoms with van der Waals surface area (Å²) in [4.78, 5) is 54.0. The molecule has 0 aromatic heterocycles. The summed E-state index contributed by atoms with van der Waals surface area (Å²) in [6.45, 7) is 9.30. The molecule has 0 aliphatic carbocycles. The maximum Gasteiger partial charge on any atom is 0.408 e. The highest BCUT2D eigenvalue weighted by molar-refractivity contribution is 6.00. The highest BCUT2D eigenvalue weighted by Crippen LogP contribution is 2.27. The summed E-state index contributed by atoms with van der Waals surface area (Å²) in [5.41, 5.74) is 6.90. The molecule has 0 bridgehead atoms. The van der Waals surface area contributed by atoms with Crippen molar-refractivity contribution in [2.75, 3.05) is 11.9 Å². The third-order valence-corrected chi connectivity index (χ3v) is 6.70. The number of nitrogens with one attached hydrogen (secondary N) is 2. The number of rotatable bonds is 12. The lowest BCUT2D eigenvalue weighted by Crippen LogP contribution is -2.52. The molecule has 9 heteroatoms. The molecule has 0 spiro atoms. The van der Waals surface area contributed by atoms with E-state index in [0.29, 0.717) is 17.7 Å². The fraction of sp³-hybridized carbons (Fsp3) is 0.394. The van der Waals surface area contributed by atoms with E-state index in [1.165, 1.54) is 4.90 Å². The van der Waals surface area contributed by atoms with E-state index >= 15 is 0 Å². The van der Waals surface area contributed by atoms with Crippen LogP contribution in [0.4, 0.5) is 10.5 Å². The molecule has 0 saturated heterocycles. The summed E-state index contributed by atoms with van der Waals surface area (Å²) in [7, 11) is 0. The molecule has 0 aliphatic rings. The Bertz CT molecular complexity index is 1400. The second-order valence-electron chi connectivity index (χ2n) is 11.3. The fourth-order valence-corrected chi connectivity index (χ4v) is 4.69. The molecular weight excluding hydrogens is 532 g/mol. The zero-order valence-electron chi connectivity index (χ0n) is 25.1. The van der Waals surface area contributed by atoms with Gasteiger partial charge < -0.3 is 26.0 Å². The molecule has 3 rings (SSSR count). The SMILES string of the molecule is CCCN(C(=O)C(CCC(N)=O)NC(=O)OC(C)(C)C)C(C(=O)Nc1ccc2ccccc2c1)c1ccc(CC)cc1. The number of nitrogens with two attached hydrogens (primary N) is 1. The van der Waals surface area contributed by atoms with Crippen LogP contribution in [-0.2, 0) is 25.5 Å². The van der Waals surface area contributed by atoms with Gasteiger partial charge in [-0.1, -0.05) is 68.4 Å². The molecule has 0 fully saturated rings. The van der Waals surface area contributed by atoms with Crippen LogP contribution in [0.25, 0.3) is 10.8 Å². The van der Waals surface area contributed by atoms with Gasteiger partial charge >= 0.3 is 6.09 Å². The van der Waals surface area contributed by atoms with Crippen LogP contribution in [0.5, 0.6) is 0 Å². The van der Waals surface area contributed by atoms with E-state index in [0.717, 1.165) is 22.8 Å². The normalized spacial score (nSPS) is 12.7. The summed E-state index contributed by atoms with van der Waals surface area (Å²) in [6, 6.07) is 18.9. The molecule has 42 heavy (non-hydrogen) atoms. The van der Waals surface area contributed by atoms with Crippen LogP contribution in [0.3, 0.4) is 0 Å². The van der Waals surface area contributed by atoms with Gasteiger partial charge in [0.05, 0.1) is 0 Å². The van der Waals surface area contributed by atoms with Crippen LogP contribution in [-0.4, -0.2) is 46.9 Å². The number of ether oxygens (including phenoxy) is 1. The zero-order chi connectivity index (χ0) is 30.9. The standard InChI is InChI=1S/C33H42N4O5/c1-6-20-37(31(40)27(18-19-28(34)38)36-32(41)42-33(3,4)5)29(24-14-12-22(7-2)13-15-24)30(39)35-26-17-16-23-10-8-9-11-25(23)21-26/h8-17,21,27,29H,6-7,18-20H2,1-5H3,(H2,34,38)(H,35,39)(H,36,41). The quantitative estimate of drug-likeness (QED) is 0.264. The first kappa shape index (κ1) is 32.1. The fourth-order valence-electron chi connectivity index (χ4n) is 4.69. The molecule has 4 amide bonds. The highest BCUT2D eigenvalue weighted by atomic mass is 16.6. The summed E-state index contributed by atoms with van der Waals surface area (Å²) >= 11 is 0. The molecule has 4 N–H and O–H groups in total. The Hall–Kier alpha value is -4.40. The van der Waals surface area contributed by atoms with Crippen molar-refractivity contribution in [3.8, 4) is 0 Å². The van der Waals surface area contributed by atoms with E-state index in [2.05, 4.69) is 10.6 Å². The van der Waals surface area contributed by atoms with Crippen molar-refractivity contribution in [2.24, 2.45) is 5.73 Å². The average molecular weight is 575 g/mol. The topological polar surface area (TPSA) is 131 Å². The number of nitrogens with zero attached hydrogens (tertiary/aromatic N) is 1. The van der Waals surface area contributed by atoms with Crippen molar-refractivity contribution in [3.05, 3.63) is 77.9 Å². The van der Waals surface area contributed by atoms with Crippen LogP contribution in [0, 0.1) is 0 Å². The summed E-state index contributed by atoms with van der Waals surface area (Å²) in [5, 5.41) is 7.61. The molecular formula is C33H42N4O5. The minimum atomic E-state index is -1.13. The molecule has 9 nitrogen and oxygen atoms in total. The first-order chi connectivity index (χ1) is 19.9. The molecule has 0 heterocycles. The van der Waals surface area contributed by atoms with E-state index in [1.807, 2.05) is 80.6 Å². The number of primary amides is 1. The Morgan fingerprint density at radius 2 is 1.60 bits per heavy atom. The molecule has 2 atom stereocenters. The molecule has 2 unspecified atom stereocenters. The van der Waals surface area contributed by atoms with E-state index in [9.17, 15) is 19.2 Å². The van der Waals surface area contributed by atoms with Gasteiger partial charge in [-0.25, -0.2) is 4.79 Å². The van der Waals surface area contributed by atoms with E-state index < -0.39 is 41.5 Å². The van der Waals surface area contributed by atoms with Crippen molar-refractivity contribution in [1.82, 2.24) is 10.2 Å². The van der Waals surface area contributed by atoms with Crippen LogP contribution < -0.4 is 16.4 Å². The molecule has 0 saturated carbocycles. The predicted molar refractivity (Wildman–Crippen MR) is 165 cm³/mol. The van der Waals surface area contributed by atoms with Crippen molar-refractivity contribution in [3.63, 3.8) is 0 Å². The minimum absolute atomic E-state index is 0.0403. The molecule has 3 aromatic carbocycles. The van der Waals surface area contributed by atoms with E-state index in [1.54, 1.807) is 20.8 Å². The predicted octanol–water partition coefficient (Wildman–Crippen LogP) is 5.48. The average Bonchev–Trinajstić information content (AvgIpc) is 2.94. The van der Waals surface area contributed by atoms with Gasteiger partial charge in [-0.05, 0) is 74.1 Å². The number of carbonyl (C=O) groups excluding carboxylic acids is 4. The van der Waals surface area contributed by atoms with Gasteiger partial charge in [-0.15, -0.1) is 0 Å². The van der Waals surface area contributed by atoms with Crippen molar-refractivity contribution < 1.29 is 23.9 Å². The molecule has 0 aliphatic heterocycles. The van der Waals surface area contributed by atoms with E-state index in [-0.39, 0.29) is 19.4 Å². The maximum absolute atomic E-state index is 14.1. The van der Waals surface area contributed by atoms with Gasteiger partial charge in [0.2, 0.25) is 11.8 Å². The van der Waals surface area contributed by atoms with Gasteiger partial charge in [-0.3, -0.25) is 14.4 Å². The van der Waals surface area contributed by atoms with Gasteiger partial charge in [-0.2, -0.15) is 0 Å². The highest BCUT2D eigenvalue weighted by Gasteiger charge is 2.36. The number of fused-ring (bicyclic) bond motifs is 1. The number of carbonyl (C=O) groups is 4. The number of hydrogen-bond acceptors (Lipinski definition) is 5. The smallest absolute Gasteiger partial charge is 0.408 e. The lowest BCUT2D eigenvalue weighted by Gasteiger charge is -2.34. The number of anilines is 1. The second kappa shape index (κ2) is 14.5. The molecule has 224 valence electrons. The molecule has 3 aromatic rings. The molecule has 0 radical (unpaired) electrons. The Balaban J connectivity index is 2.01. The summed E-state index contributed by atoms with van der Waals surface area (Å²) in [5.74, 6) is -1.52. The largest absolute Gasteiger partial charge is 0.444 e. The van der Waals surface area contributed by atoms with Gasteiger partial charge in [0.1, 0.15) is 17.7 Å². The van der Waals surface area contributed by atoms with Gasteiger partial charge in [0.25, 0.3) is 5.91 Å². The Kier molecular flexibility index (Phi) is 11.1. The zero-order valence-corrected chi connectivity index (χ0v) is 25.1. The Morgan fingerprint density at radius 3 is 2.19 bits per heavy atom. The first-order valence-corrected chi connectivity index (χ1v) is 14.4. The monoisotopic (exact) mass is 574 g/mol. The van der Waals surface area contributed by atoms with Crippen molar-refractivity contribution >= 4 is 40.3 Å². The Labute approximate surface area is 247 Å². The number of benzene rings is 3.